The van der Waals surface area contributed by atoms with Crippen molar-refractivity contribution in [3.05, 3.63) is 186 Å². The van der Waals surface area contributed by atoms with Gasteiger partial charge in [-0.1, -0.05) is 135 Å². The Kier molecular flexibility index (Phi) is 7.18. The van der Waals surface area contributed by atoms with Gasteiger partial charge in [0.25, 0.3) is 0 Å². The van der Waals surface area contributed by atoms with E-state index < -0.39 is 0 Å². The van der Waals surface area contributed by atoms with E-state index in [0.29, 0.717) is 0 Å². The van der Waals surface area contributed by atoms with Gasteiger partial charge in [0.15, 0.2) is 0 Å². The fraction of sp³-hybridized carbons (Fsp3) is 0.137. The zero-order valence-corrected chi connectivity index (χ0v) is 29.9. The van der Waals surface area contributed by atoms with Crippen LogP contribution in [-0.4, -0.2) is 0 Å². The topological polar surface area (TPSA) is 3.24 Å². The lowest BCUT2D eigenvalue weighted by Crippen LogP contribution is -2.17. The van der Waals surface area contributed by atoms with Gasteiger partial charge in [0.1, 0.15) is 0 Å². The van der Waals surface area contributed by atoms with E-state index in [4.69, 9.17) is 0 Å². The minimum absolute atomic E-state index is 0.113. The van der Waals surface area contributed by atoms with Crippen LogP contribution in [0.3, 0.4) is 0 Å². The Labute approximate surface area is 306 Å². The fourth-order valence-electron chi connectivity index (χ4n) is 9.14. The molecule has 52 heavy (non-hydrogen) atoms. The Hall–Kier alpha value is -5.92. The number of hydrogen-bond acceptors (Lipinski definition) is 1. The van der Waals surface area contributed by atoms with E-state index >= 15 is 0 Å². The molecule has 0 N–H and O–H groups in total. The standard InChI is InChI=1S/C51H41N/c1-51(2)48-23-13-12-22-44(48)47-32-46(38-25-24-34-14-6-7-15-36(34)30-38)50(33-49(47)51)52(39-17-4-3-5-18-39)40-28-26-35(27-29-40)45-31-37-16-8-9-19-41(37)42-20-10-11-21-43(42)45/h3-5,8-13,16-33H,6-7,14-15H2,1-2H3. The molecule has 0 saturated heterocycles. The lowest BCUT2D eigenvalue weighted by atomic mass is 9.81. The van der Waals surface area contributed by atoms with E-state index in [1.165, 1.54) is 102 Å². The molecule has 8 aromatic carbocycles. The van der Waals surface area contributed by atoms with E-state index in [1.54, 1.807) is 0 Å². The molecule has 250 valence electrons. The number of nitrogens with zero attached hydrogens (tertiary/aromatic N) is 1. The highest BCUT2D eigenvalue weighted by Crippen LogP contribution is 2.53. The van der Waals surface area contributed by atoms with Crippen molar-refractivity contribution in [2.75, 3.05) is 4.90 Å². The Morgan fingerprint density at radius 3 is 1.90 bits per heavy atom. The summed E-state index contributed by atoms with van der Waals surface area (Å²) in [7, 11) is 0. The first kappa shape index (κ1) is 30.9. The molecule has 8 aromatic rings. The van der Waals surface area contributed by atoms with Crippen LogP contribution in [0, 0.1) is 0 Å². The van der Waals surface area contributed by atoms with Crippen LogP contribution in [0.5, 0.6) is 0 Å². The Balaban J connectivity index is 1.18. The molecule has 10 rings (SSSR count). The minimum atomic E-state index is -0.113. The summed E-state index contributed by atoms with van der Waals surface area (Å²) in [4.78, 5) is 2.48. The quantitative estimate of drug-likeness (QED) is 0.165. The third-order valence-corrected chi connectivity index (χ3v) is 11.8. The van der Waals surface area contributed by atoms with Crippen molar-refractivity contribution in [2.45, 2.75) is 44.9 Å². The summed E-state index contributed by atoms with van der Waals surface area (Å²) < 4.78 is 0. The van der Waals surface area contributed by atoms with Gasteiger partial charge in [-0.3, -0.25) is 0 Å². The molecule has 0 unspecified atom stereocenters. The largest absolute Gasteiger partial charge is 0.310 e. The molecule has 0 bridgehead atoms. The van der Waals surface area contributed by atoms with Crippen molar-refractivity contribution in [1.29, 1.82) is 0 Å². The molecular weight excluding hydrogens is 627 g/mol. The highest BCUT2D eigenvalue weighted by Gasteiger charge is 2.37. The molecule has 0 spiro atoms. The number of rotatable bonds is 5. The monoisotopic (exact) mass is 667 g/mol. The molecule has 0 aromatic heterocycles. The molecule has 0 heterocycles. The second kappa shape index (κ2) is 12.1. The molecule has 0 atom stereocenters. The van der Waals surface area contributed by atoms with Crippen molar-refractivity contribution >= 4 is 38.6 Å². The van der Waals surface area contributed by atoms with Gasteiger partial charge in [0, 0.05) is 22.4 Å². The lowest BCUT2D eigenvalue weighted by Gasteiger charge is -2.31. The lowest BCUT2D eigenvalue weighted by molar-refractivity contribution is 0.660. The number of aryl methyl sites for hydroxylation is 2. The highest BCUT2D eigenvalue weighted by molar-refractivity contribution is 6.13. The molecular formula is C51H41N. The number of para-hydroxylation sites is 1. The summed E-state index contributed by atoms with van der Waals surface area (Å²) in [5, 5.41) is 5.14. The van der Waals surface area contributed by atoms with Gasteiger partial charge in [-0.15, -0.1) is 0 Å². The second-order valence-electron chi connectivity index (χ2n) is 15.2. The average molecular weight is 668 g/mol. The Bertz CT molecular complexity index is 2650. The molecule has 2 aliphatic rings. The van der Waals surface area contributed by atoms with Crippen LogP contribution in [0.15, 0.2) is 164 Å². The number of benzene rings is 8. The molecule has 1 nitrogen and oxygen atoms in total. The van der Waals surface area contributed by atoms with Crippen molar-refractivity contribution in [2.24, 2.45) is 0 Å². The predicted octanol–water partition coefficient (Wildman–Crippen LogP) is 14.0. The van der Waals surface area contributed by atoms with Crippen LogP contribution in [0.1, 0.15) is 48.9 Å². The van der Waals surface area contributed by atoms with Crippen LogP contribution in [-0.2, 0) is 18.3 Å². The van der Waals surface area contributed by atoms with Crippen molar-refractivity contribution < 1.29 is 0 Å². The second-order valence-corrected chi connectivity index (χ2v) is 15.2. The maximum atomic E-state index is 2.50. The average Bonchev–Trinajstić information content (AvgIpc) is 3.43. The summed E-state index contributed by atoms with van der Waals surface area (Å²) in [6.45, 7) is 4.77. The SMILES string of the molecule is CC1(C)c2ccccc2-c2cc(-c3ccc4c(c3)CCCC4)c(N(c3ccccc3)c3ccc(-c4cc5ccccc5c5ccccc45)cc3)cc21. The molecule has 0 amide bonds. The van der Waals surface area contributed by atoms with E-state index in [2.05, 4.69) is 183 Å². The number of anilines is 3. The maximum absolute atomic E-state index is 2.50. The first-order valence-electron chi connectivity index (χ1n) is 18.8. The van der Waals surface area contributed by atoms with E-state index in [9.17, 15) is 0 Å². The van der Waals surface area contributed by atoms with Gasteiger partial charge < -0.3 is 4.90 Å². The molecule has 2 aliphatic carbocycles. The predicted molar refractivity (Wildman–Crippen MR) is 221 cm³/mol. The van der Waals surface area contributed by atoms with Gasteiger partial charge >= 0.3 is 0 Å². The molecule has 0 radical (unpaired) electrons. The van der Waals surface area contributed by atoms with E-state index in [-0.39, 0.29) is 5.41 Å². The summed E-state index contributed by atoms with van der Waals surface area (Å²) in [6.07, 6.45) is 4.90. The van der Waals surface area contributed by atoms with Crippen LogP contribution in [0.2, 0.25) is 0 Å². The maximum Gasteiger partial charge on any atom is 0.0543 e. The van der Waals surface area contributed by atoms with Crippen molar-refractivity contribution in [1.82, 2.24) is 0 Å². The zero-order chi connectivity index (χ0) is 34.8. The molecule has 0 saturated carbocycles. The molecule has 0 aliphatic heterocycles. The third-order valence-electron chi connectivity index (χ3n) is 11.8. The zero-order valence-electron chi connectivity index (χ0n) is 29.9. The van der Waals surface area contributed by atoms with Crippen LogP contribution >= 0.6 is 0 Å². The van der Waals surface area contributed by atoms with Gasteiger partial charge in [-0.05, 0) is 140 Å². The van der Waals surface area contributed by atoms with Crippen LogP contribution < -0.4 is 4.90 Å². The van der Waals surface area contributed by atoms with Crippen LogP contribution in [0.4, 0.5) is 17.1 Å². The van der Waals surface area contributed by atoms with Gasteiger partial charge in [0.05, 0.1) is 5.69 Å². The number of fused-ring (bicyclic) bond motifs is 7. The Morgan fingerprint density at radius 2 is 1.08 bits per heavy atom. The van der Waals surface area contributed by atoms with Crippen molar-refractivity contribution in [3.8, 4) is 33.4 Å². The summed E-state index contributed by atoms with van der Waals surface area (Å²) in [5.74, 6) is 0. The summed E-state index contributed by atoms with van der Waals surface area (Å²) >= 11 is 0. The molecule has 1 heteroatoms. The Morgan fingerprint density at radius 1 is 0.423 bits per heavy atom. The minimum Gasteiger partial charge on any atom is -0.310 e. The summed E-state index contributed by atoms with van der Waals surface area (Å²) in [6, 6.07) is 61.3. The first-order chi connectivity index (χ1) is 25.5. The summed E-state index contributed by atoms with van der Waals surface area (Å²) in [5.41, 5.74) is 17.0. The van der Waals surface area contributed by atoms with E-state index in [0.717, 1.165) is 17.8 Å². The van der Waals surface area contributed by atoms with Crippen LogP contribution in [0.25, 0.3) is 54.9 Å². The van der Waals surface area contributed by atoms with Gasteiger partial charge in [0.2, 0.25) is 0 Å². The highest BCUT2D eigenvalue weighted by atomic mass is 15.1. The number of hydrogen-bond donors (Lipinski definition) is 0. The smallest absolute Gasteiger partial charge is 0.0543 e. The van der Waals surface area contributed by atoms with Gasteiger partial charge in [-0.25, -0.2) is 0 Å². The fourth-order valence-corrected chi connectivity index (χ4v) is 9.14. The normalized spacial score (nSPS) is 14.2. The molecule has 0 fully saturated rings. The van der Waals surface area contributed by atoms with Crippen molar-refractivity contribution in [3.63, 3.8) is 0 Å². The van der Waals surface area contributed by atoms with Gasteiger partial charge in [-0.2, -0.15) is 0 Å². The van der Waals surface area contributed by atoms with E-state index in [1.807, 2.05) is 0 Å². The third kappa shape index (κ3) is 4.91. The first-order valence-corrected chi connectivity index (χ1v) is 18.8.